The predicted molar refractivity (Wildman–Crippen MR) is 141 cm³/mol. The van der Waals surface area contributed by atoms with Gasteiger partial charge in [-0.2, -0.15) is 5.10 Å². The van der Waals surface area contributed by atoms with Gasteiger partial charge in [-0.1, -0.05) is 42.5 Å². The number of likely N-dealkylation sites (tertiary alicyclic amines) is 1. The highest BCUT2D eigenvalue weighted by Crippen LogP contribution is 2.30. The Labute approximate surface area is 213 Å². The lowest BCUT2D eigenvalue weighted by atomic mass is 9.89. The van der Waals surface area contributed by atoms with Crippen LogP contribution in [-0.2, 0) is 13.0 Å². The summed E-state index contributed by atoms with van der Waals surface area (Å²) in [5.74, 6) is 1.09. The van der Waals surface area contributed by atoms with Crippen LogP contribution in [0.15, 0.2) is 66.9 Å². The van der Waals surface area contributed by atoms with Crippen molar-refractivity contribution in [3.63, 3.8) is 0 Å². The van der Waals surface area contributed by atoms with E-state index in [2.05, 4.69) is 47.3 Å². The van der Waals surface area contributed by atoms with Crippen molar-refractivity contribution in [3.8, 4) is 0 Å². The maximum Gasteiger partial charge on any atom is 0.253 e. The summed E-state index contributed by atoms with van der Waals surface area (Å²) in [6.07, 6.45) is 4.77. The lowest BCUT2D eigenvalue weighted by Gasteiger charge is -2.33. The van der Waals surface area contributed by atoms with Gasteiger partial charge in [0.25, 0.3) is 5.91 Å². The summed E-state index contributed by atoms with van der Waals surface area (Å²) >= 11 is 0. The van der Waals surface area contributed by atoms with Crippen molar-refractivity contribution in [1.82, 2.24) is 24.6 Å². The number of hydrogen-bond acceptors (Lipinski definition) is 4. The van der Waals surface area contributed by atoms with Crippen LogP contribution in [0.1, 0.15) is 68.7 Å². The van der Waals surface area contributed by atoms with E-state index in [4.69, 9.17) is 4.98 Å². The summed E-state index contributed by atoms with van der Waals surface area (Å²) in [6.45, 7) is 8.18. The normalized spacial score (nSPS) is 15.8. The molecule has 1 aliphatic heterocycles. The highest BCUT2D eigenvalue weighted by molar-refractivity contribution is 5.94. The van der Waals surface area contributed by atoms with Gasteiger partial charge in [-0.15, -0.1) is 0 Å². The monoisotopic (exact) mass is 479 g/mol. The van der Waals surface area contributed by atoms with Gasteiger partial charge < -0.3 is 4.90 Å². The van der Waals surface area contributed by atoms with Crippen LogP contribution in [0, 0.1) is 20.8 Å². The Hall–Kier alpha value is -3.80. The Kier molecular flexibility index (Phi) is 6.94. The van der Waals surface area contributed by atoms with Crippen LogP contribution in [0.5, 0.6) is 0 Å². The average molecular weight is 480 g/mol. The molecule has 0 aliphatic carbocycles. The molecule has 6 heteroatoms. The summed E-state index contributed by atoms with van der Waals surface area (Å²) in [6, 6.07) is 20.5. The zero-order chi connectivity index (χ0) is 25.1. The van der Waals surface area contributed by atoms with Crippen LogP contribution in [0.4, 0.5) is 0 Å². The summed E-state index contributed by atoms with van der Waals surface area (Å²) in [7, 11) is 0. The average Bonchev–Trinajstić information content (AvgIpc) is 3.22. The number of aromatic nitrogens is 4. The third-order valence-electron chi connectivity index (χ3n) is 6.99. The molecule has 2 aromatic heterocycles. The Morgan fingerprint density at radius 1 is 1.00 bits per heavy atom. The SMILES string of the molecule is Cc1cc(C)n(Cc2ccc(C(=O)N3CCCC(c4nc(C)ncc4Cc4ccccc4)C3)cc2)n1. The molecular formula is C30H33N5O. The molecule has 5 rings (SSSR count). The molecule has 0 spiro atoms. The molecule has 1 atom stereocenters. The molecule has 0 radical (unpaired) electrons. The quantitative estimate of drug-likeness (QED) is 0.379. The fraction of sp³-hybridized carbons (Fsp3) is 0.333. The van der Waals surface area contributed by atoms with Gasteiger partial charge in [0.15, 0.2) is 0 Å². The standard InChI is InChI=1S/C30H33N5O/c1-21-16-22(2)35(33-21)19-25-11-13-26(14-12-25)30(36)34-15-7-10-27(20-34)29-28(18-31-23(3)32-29)17-24-8-5-4-6-9-24/h4-6,8-9,11-14,16,18,27H,7,10,15,17,19-20H2,1-3H3. The molecule has 1 saturated heterocycles. The van der Waals surface area contributed by atoms with Crippen LogP contribution in [-0.4, -0.2) is 43.6 Å². The fourth-order valence-corrected chi connectivity index (χ4v) is 5.15. The Morgan fingerprint density at radius 2 is 1.78 bits per heavy atom. The van der Waals surface area contributed by atoms with Gasteiger partial charge >= 0.3 is 0 Å². The number of hydrogen-bond donors (Lipinski definition) is 0. The number of carbonyl (C=O) groups is 1. The zero-order valence-electron chi connectivity index (χ0n) is 21.3. The van der Waals surface area contributed by atoms with E-state index in [1.165, 1.54) is 5.56 Å². The maximum atomic E-state index is 13.4. The first-order valence-electron chi connectivity index (χ1n) is 12.7. The number of nitrogens with zero attached hydrogens (tertiary/aromatic N) is 5. The van der Waals surface area contributed by atoms with E-state index in [1.54, 1.807) is 0 Å². The van der Waals surface area contributed by atoms with Crippen molar-refractivity contribution < 1.29 is 4.79 Å². The van der Waals surface area contributed by atoms with E-state index in [1.807, 2.05) is 60.0 Å². The number of carbonyl (C=O) groups excluding carboxylic acids is 1. The van der Waals surface area contributed by atoms with Crippen LogP contribution >= 0.6 is 0 Å². The molecule has 1 amide bonds. The third-order valence-corrected chi connectivity index (χ3v) is 6.99. The molecule has 1 unspecified atom stereocenters. The summed E-state index contributed by atoms with van der Waals surface area (Å²) in [5.41, 5.74) is 7.51. The van der Waals surface area contributed by atoms with Gasteiger partial charge in [0.1, 0.15) is 5.82 Å². The first-order chi connectivity index (χ1) is 17.5. The van der Waals surface area contributed by atoms with Gasteiger partial charge in [-0.05, 0) is 68.5 Å². The lowest BCUT2D eigenvalue weighted by Crippen LogP contribution is -2.39. The van der Waals surface area contributed by atoms with Crippen molar-refractivity contribution in [1.29, 1.82) is 0 Å². The Bertz CT molecular complexity index is 1340. The molecule has 4 aromatic rings. The van der Waals surface area contributed by atoms with Crippen LogP contribution in [0.25, 0.3) is 0 Å². The first kappa shape index (κ1) is 23.9. The largest absolute Gasteiger partial charge is 0.338 e. The van der Waals surface area contributed by atoms with E-state index >= 15 is 0 Å². The van der Waals surface area contributed by atoms with Crippen LogP contribution in [0.3, 0.4) is 0 Å². The second kappa shape index (κ2) is 10.4. The second-order valence-electron chi connectivity index (χ2n) is 9.86. The maximum absolute atomic E-state index is 13.4. The van der Waals surface area contributed by atoms with Gasteiger partial charge in [-0.3, -0.25) is 9.48 Å². The molecule has 184 valence electrons. The number of rotatable bonds is 6. The number of amides is 1. The van der Waals surface area contributed by atoms with Crippen LogP contribution < -0.4 is 0 Å². The van der Waals surface area contributed by atoms with E-state index in [9.17, 15) is 4.79 Å². The minimum absolute atomic E-state index is 0.0905. The van der Waals surface area contributed by atoms with E-state index in [-0.39, 0.29) is 11.8 Å². The van der Waals surface area contributed by atoms with Gasteiger partial charge in [0, 0.05) is 42.9 Å². The number of aryl methyl sites for hydroxylation is 3. The van der Waals surface area contributed by atoms with Gasteiger partial charge in [0.05, 0.1) is 17.9 Å². The van der Waals surface area contributed by atoms with E-state index in [0.717, 1.165) is 65.4 Å². The minimum atomic E-state index is 0.0905. The fourth-order valence-electron chi connectivity index (χ4n) is 5.15. The van der Waals surface area contributed by atoms with Crippen molar-refractivity contribution in [3.05, 3.63) is 112 Å². The van der Waals surface area contributed by atoms with Gasteiger partial charge in [-0.25, -0.2) is 9.97 Å². The van der Waals surface area contributed by atoms with E-state index < -0.39 is 0 Å². The molecular weight excluding hydrogens is 446 g/mol. The topological polar surface area (TPSA) is 63.9 Å². The number of piperidine rings is 1. The van der Waals surface area contributed by atoms with Crippen LogP contribution in [0.2, 0.25) is 0 Å². The minimum Gasteiger partial charge on any atom is -0.338 e. The van der Waals surface area contributed by atoms with Crippen molar-refractivity contribution in [2.45, 2.75) is 52.5 Å². The first-order valence-corrected chi connectivity index (χ1v) is 12.7. The third kappa shape index (κ3) is 5.38. The summed E-state index contributed by atoms with van der Waals surface area (Å²) in [4.78, 5) is 24.8. The zero-order valence-corrected chi connectivity index (χ0v) is 21.3. The molecule has 2 aromatic carbocycles. The summed E-state index contributed by atoms with van der Waals surface area (Å²) < 4.78 is 2.00. The van der Waals surface area contributed by atoms with Crippen molar-refractivity contribution >= 4 is 5.91 Å². The highest BCUT2D eigenvalue weighted by Gasteiger charge is 2.28. The molecule has 6 nitrogen and oxygen atoms in total. The smallest absolute Gasteiger partial charge is 0.253 e. The van der Waals surface area contributed by atoms with Crippen molar-refractivity contribution in [2.24, 2.45) is 0 Å². The molecule has 0 saturated carbocycles. The molecule has 0 bridgehead atoms. The number of benzene rings is 2. The molecule has 1 aliphatic rings. The van der Waals surface area contributed by atoms with Gasteiger partial charge in [0.2, 0.25) is 0 Å². The highest BCUT2D eigenvalue weighted by atomic mass is 16.2. The molecule has 0 N–H and O–H groups in total. The van der Waals surface area contributed by atoms with Crippen molar-refractivity contribution in [2.75, 3.05) is 13.1 Å². The molecule has 1 fully saturated rings. The van der Waals surface area contributed by atoms with E-state index in [0.29, 0.717) is 13.1 Å². The molecule has 3 heterocycles. The lowest BCUT2D eigenvalue weighted by molar-refractivity contribution is 0.0705. The Balaban J connectivity index is 1.30. The second-order valence-corrected chi connectivity index (χ2v) is 9.86. The Morgan fingerprint density at radius 3 is 2.50 bits per heavy atom. The molecule has 36 heavy (non-hydrogen) atoms. The predicted octanol–water partition coefficient (Wildman–Crippen LogP) is 5.26. The summed E-state index contributed by atoms with van der Waals surface area (Å²) in [5, 5.41) is 4.54.